The summed E-state index contributed by atoms with van der Waals surface area (Å²) in [7, 11) is 0. The highest BCUT2D eigenvalue weighted by atomic mass is 32.1. The average molecular weight is 234 g/mol. The average Bonchev–Trinajstić information content (AvgIpc) is 2.95. The summed E-state index contributed by atoms with van der Waals surface area (Å²) in [5, 5.41) is 7.34. The Kier molecular flexibility index (Phi) is 3.15. The van der Waals surface area contributed by atoms with Gasteiger partial charge in [0.2, 0.25) is 0 Å². The summed E-state index contributed by atoms with van der Waals surface area (Å²) in [4.78, 5) is 0. The van der Waals surface area contributed by atoms with E-state index in [4.69, 9.17) is 12.2 Å². The highest BCUT2D eigenvalue weighted by molar-refractivity contribution is 7.80. The number of thiocarbonyl (C=S) groups is 1. The molecule has 0 amide bonds. The van der Waals surface area contributed by atoms with Crippen molar-refractivity contribution in [3.63, 3.8) is 0 Å². The smallest absolute Gasteiger partial charge is 0.171 e. The van der Waals surface area contributed by atoms with Gasteiger partial charge in [-0.05, 0) is 57.0 Å². The van der Waals surface area contributed by atoms with Crippen LogP contribution in [-0.2, 0) is 0 Å². The largest absolute Gasteiger partial charge is 0.360 e. The van der Waals surface area contributed by atoms with E-state index in [0.717, 1.165) is 10.8 Å². The number of hydrogen-bond acceptors (Lipinski definition) is 1. The molecular weight excluding hydrogens is 216 g/mol. The van der Waals surface area contributed by atoms with Gasteiger partial charge in [0.25, 0.3) is 0 Å². The van der Waals surface area contributed by atoms with E-state index in [9.17, 15) is 0 Å². The van der Waals surface area contributed by atoms with Crippen molar-refractivity contribution in [1.82, 2.24) is 5.32 Å². The monoisotopic (exact) mass is 234 g/mol. The van der Waals surface area contributed by atoms with Gasteiger partial charge in [0.1, 0.15) is 0 Å². The first-order chi connectivity index (χ1) is 7.56. The summed E-state index contributed by atoms with van der Waals surface area (Å²) in [6.45, 7) is 6.34. The highest BCUT2D eigenvalue weighted by Crippen LogP contribution is 2.23. The molecule has 2 rings (SSSR count). The molecule has 1 aromatic rings. The Bertz CT molecular complexity index is 399. The third-order valence-corrected chi connectivity index (χ3v) is 3.05. The molecule has 3 heteroatoms. The zero-order chi connectivity index (χ0) is 11.7. The molecule has 1 fully saturated rings. The van der Waals surface area contributed by atoms with Crippen molar-refractivity contribution in [3.05, 3.63) is 28.8 Å². The van der Waals surface area contributed by atoms with Gasteiger partial charge >= 0.3 is 0 Å². The molecule has 0 bridgehead atoms. The summed E-state index contributed by atoms with van der Waals surface area (Å²) in [5.74, 6) is 0. The maximum absolute atomic E-state index is 5.28. The number of benzene rings is 1. The molecule has 16 heavy (non-hydrogen) atoms. The van der Waals surface area contributed by atoms with Crippen LogP contribution in [0.4, 0.5) is 5.69 Å². The van der Waals surface area contributed by atoms with Crippen LogP contribution in [0.2, 0.25) is 0 Å². The molecule has 0 aromatic heterocycles. The fourth-order valence-corrected chi connectivity index (χ4v) is 2.21. The van der Waals surface area contributed by atoms with Crippen LogP contribution in [-0.4, -0.2) is 11.2 Å². The summed E-state index contributed by atoms with van der Waals surface area (Å²) in [6, 6.07) is 4.95. The number of hydrogen-bond donors (Lipinski definition) is 2. The molecule has 0 radical (unpaired) electrons. The van der Waals surface area contributed by atoms with Crippen molar-refractivity contribution in [2.75, 3.05) is 5.32 Å². The Labute approximate surface area is 102 Å². The van der Waals surface area contributed by atoms with Crippen LogP contribution in [0.1, 0.15) is 29.5 Å². The molecule has 0 heterocycles. The van der Waals surface area contributed by atoms with Crippen LogP contribution in [0.5, 0.6) is 0 Å². The van der Waals surface area contributed by atoms with Crippen molar-refractivity contribution < 1.29 is 0 Å². The molecule has 0 aliphatic heterocycles. The number of aryl methyl sites for hydroxylation is 3. The predicted octanol–water partition coefficient (Wildman–Crippen LogP) is 3.06. The van der Waals surface area contributed by atoms with Crippen LogP contribution in [0, 0.1) is 20.8 Å². The third-order valence-electron chi connectivity index (χ3n) is 2.83. The Hall–Kier alpha value is -1.09. The lowest BCUT2D eigenvalue weighted by atomic mass is 10.1. The summed E-state index contributed by atoms with van der Waals surface area (Å²) in [5.41, 5.74) is 4.93. The van der Waals surface area contributed by atoms with Crippen LogP contribution >= 0.6 is 12.2 Å². The summed E-state index contributed by atoms with van der Waals surface area (Å²) < 4.78 is 0. The van der Waals surface area contributed by atoms with E-state index >= 15 is 0 Å². The topological polar surface area (TPSA) is 24.1 Å². The lowest BCUT2D eigenvalue weighted by Crippen LogP contribution is -2.30. The van der Waals surface area contributed by atoms with Gasteiger partial charge in [0.15, 0.2) is 5.11 Å². The molecule has 0 atom stereocenters. The van der Waals surface area contributed by atoms with Crippen molar-refractivity contribution in [2.45, 2.75) is 39.7 Å². The Morgan fingerprint density at radius 1 is 1.19 bits per heavy atom. The van der Waals surface area contributed by atoms with E-state index in [-0.39, 0.29) is 0 Å². The van der Waals surface area contributed by atoms with Crippen LogP contribution < -0.4 is 10.6 Å². The van der Waals surface area contributed by atoms with Crippen molar-refractivity contribution in [3.8, 4) is 0 Å². The first-order valence-corrected chi connectivity index (χ1v) is 6.12. The molecule has 1 saturated carbocycles. The summed E-state index contributed by atoms with van der Waals surface area (Å²) in [6.07, 6.45) is 2.49. The zero-order valence-electron chi connectivity index (χ0n) is 10.1. The SMILES string of the molecule is Cc1cc(C)c(NC(=S)NC2CC2)c(C)c1. The maximum atomic E-state index is 5.28. The normalized spacial score (nSPS) is 14.7. The molecule has 1 aliphatic rings. The molecule has 1 aliphatic carbocycles. The van der Waals surface area contributed by atoms with Gasteiger partial charge < -0.3 is 10.6 Å². The first kappa shape index (κ1) is 11.4. The van der Waals surface area contributed by atoms with Crippen LogP contribution in [0.15, 0.2) is 12.1 Å². The first-order valence-electron chi connectivity index (χ1n) is 5.71. The van der Waals surface area contributed by atoms with Crippen molar-refractivity contribution in [1.29, 1.82) is 0 Å². The molecule has 86 valence electrons. The van der Waals surface area contributed by atoms with Gasteiger partial charge in [-0.25, -0.2) is 0 Å². The molecular formula is C13H18N2S. The number of rotatable bonds is 2. The van der Waals surface area contributed by atoms with Gasteiger partial charge in [0, 0.05) is 11.7 Å². The zero-order valence-corrected chi connectivity index (χ0v) is 10.9. The number of nitrogens with one attached hydrogen (secondary N) is 2. The fraction of sp³-hybridized carbons (Fsp3) is 0.462. The minimum atomic E-state index is 0.603. The second-order valence-electron chi connectivity index (χ2n) is 4.65. The van der Waals surface area contributed by atoms with E-state index < -0.39 is 0 Å². The second kappa shape index (κ2) is 4.42. The van der Waals surface area contributed by atoms with Gasteiger partial charge in [-0.2, -0.15) is 0 Å². The Morgan fingerprint density at radius 2 is 1.75 bits per heavy atom. The van der Waals surface area contributed by atoms with E-state index in [2.05, 4.69) is 43.5 Å². The third kappa shape index (κ3) is 2.73. The maximum Gasteiger partial charge on any atom is 0.171 e. The predicted molar refractivity (Wildman–Crippen MR) is 73.0 cm³/mol. The lowest BCUT2D eigenvalue weighted by molar-refractivity contribution is 0.918. The fourth-order valence-electron chi connectivity index (χ4n) is 1.94. The molecule has 2 N–H and O–H groups in total. The van der Waals surface area contributed by atoms with Crippen LogP contribution in [0.3, 0.4) is 0 Å². The number of anilines is 1. The van der Waals surface area contributed by atoms with Gasteiger partial charge in [0.05, 0.1) is 0 Å². The van der Waals surface area contributed by atoms with Crippen molar-refractivity contribution in [2.24, 2.45) is 0 Å². The minimum Gasteiger partial charge on any atom is -0.360 e. The van der Waals surface area contributed by atoms with Gasteiger partial charge in [-0.1, -0.05) is 17.7 Å². The van der Waals surface area contributed by atoms with E-state index in [1.165, 1.54) is 29.5 Å². The highest BCUT2D eigenvalue weighted by Gasteiger charge is 2.21. The minimum absolute atomic E-state index is 0.603. The molecule has 1 aromatic carbocycles. The van der Waals surface area contributed by atoms with Gasteiger partial charge in [-0.3, -0.25) is 0 Å². The molecule has 2 nitrogen and oxygen atoms in total. The molecule has 0 spiro atoms. The Morgan fingerprint density at radius 3 is 2.25 bits per heavy atom. The molecule has 0 unspecified atom stereocenters. The van der Waals surface area contributed by atoms with E-state index in [1.54, 1.807) is 0 Å². The molecule has 0 saturated heterocycles. The quantitative estimate of drug-likeness (QED) is 0.769. The van der Waals surface area contributed by atoms with Crippen molar-refractivity contribution >= 4 is 23.0 Å². The lowest BCUT2D eigenvalue weighted by Gasteiger charge is -2.15. The van der Waals surface area contributed by atoms with Gasteiger partial charge in [-0.15, -0.1) is 0 Å². The second-order valence-corrected chi connectivity index (χ2v) is 5.05. The summed E-state index contributed by atoms with van der Waals surface area (Å²) >= 11 is 5.28. The van der Waals surface area contributed by atoms with E-state index in [0.29, 0.717) is 6.04 Å². The standard InChI is InChI=1S/C13H18N2S/c1-8-6-9(2)12(10(3)7-8)15-13(16)14-11-4-5-11/h6-7,11H,4-5H2,1-3H3,(H2,14,15,16). The Balaban J connectivity index is 2.10. The van der Waals surface area contributed by atoms with Crippen LogP contribution in [0.25, 0.3) is 0 Å². The van der Waals surface area contributed by atoms with E-state index in [1.807, 2.05) is 0 Å².